The number of nitrogens with two attached hydrogens (primary N) is 1. The lowest BCUT2D eigenvalue weighted by Gasteiger charge is -2.40. The highest BCUT2D eigenvalue weighted by Gasteiger charge is 2.36. The van der Waals surface area contributed by atoms with Gasteiger partial charge in [-0.15, -0.1) is 0 Å². The topological polar surface area (TPSA) is 60.2 Å². The number of ether oxygens (including phenoxy) is 1. The number of hydrazine groups is 1. The molecule has 0 amide bonds. The van der Waals surface area contributed by atoms with Crippen LogP contribution in [0.1, 0.15) is 31.7 Å². The molecule has 1 aromatic carbocycles. The van der Waals surface area contributed by atoms with Gasteiger partial charge in [0.15, 0.2) is 0 Å². The smallest absolute Gasteiger partial charge is 0.0823 e. The first-order valence-electron chi connectivity index (χ1n) is 7.66. The van der Waals surface area contributed by atoms with E-state index in [1.54, 1.807) is 0 Å². The Labute approximate surface area is 125 Å². The van der Waals surface area contributed by atoms with Crippen LogP contribution < -0.4 is 11.3 Å². The molecule has 1 saturated heterocycles. The number of rotatable bonds is 4. The number of para-hydroxylation sites is 1. The minimum atomic E-state index is -0.197. The molecule has 2 atom stereocenters. The van der Waals surface area contributed by atoms with Crippen molar-refractivity contribution in [2.75, 3.05) is 6.61 Å². The Morgan fingerprint density at radius 2 is 2.19 bits per heavy atom. The predicted molar refractivity (Wildman–Crippen MR) is 84.8 cm³/mol. The Bertz CT molecular complexity index is 603. The zero-order valence-electron chi connectivity index (χ0n) is 12.5. The third kappa shape index (κ3) is 2.93. The molecule has 112 valence electrons. The zero-order valence-corrected chi connectivity index (χ0v) is 12.5. The fourth-order valence-electron chi connectivity index (χ4n) is 3.23. The Morgan fingerprint density at radius 3 is 2.95 bits per heavy atom. The van der Waals surface area contributed by atoms with E-state index >= 15 is 0 Å². The van der Waals surface area contributed by atoms with Crippen molar-refractivity contribution < 1.29 is 4.74 Å². The Kier molecular flexibility index (Phi) is 4.19. The maximum absolute atomic E-state index is 6.04. The van der Waals surface area contributed by atoms with Crippen LogP contribution in [0.15, 0.2) is 36.5 Å². The molecule has 1 aromatic heterocycles. The van der Waals surface area contributed by atoms with Gasteiger partial charge in [0, 0.05) is 18.2 Å². The van der Waals surface area contributed by atoms with Crippen molar-refractivity contribution in [3.63, 3.8) is 0 Å². The minimum Gasteiger partial charge on any atom is -0.374 e. The molecule has 2 unspecified atom stereocenters. The van der Waals surface area contributed by atoms with E-state index in [2.05, 4.69) is 35.5 Å². The number of nitrogens with one attached hydrogen (secondary N) is 1. The maximum atomic E-state index is 6.04. The van der Waals surface area contributed by atoms with Crippen molar-refractivity contribution in [1.82, 2.24) is 10.4 Å². The third-order valence-electron chi connectivity index (χ3n) is 4.60. The SMILES string of the molecule is CC1(C(Cc2ccnc3ccccc23)NN)CCCCO1. The molecule has 3 rings (SSSR count). The summed E-state index contributed by atoms with van der Waals surface area (Å²) in [6.45, 7) is 2.99. The molecule has 2 heterocycles. The van der Waals surface area contributed by atoms with Gasteiger partial charge in [0.1, 0.15) is 0 Å². The van der Waals surface area contributed by atoms with Crippen LogP contribution in [0.25, 0.3) is 10.9 Å². The van der Waals surface area contributed by atoms with E-state index in [1.807, 2.05) is 18.3 Å². The average Bonchev–Trinajstić information content (AvgIpc) is 2.53. The molecule has 2 aromatic rings. The van der Waals surface area contributed by atoms with Crippen molar-refractivity contribution >= 4 is 10.9 Å². The van der Waals surface area contributed by atoms with Crippen LogP contribution in [0, 0.1) is 0 Å². The summed E-state index contributed by atoms with van der Waals surface area (Å²) in [7, 11) is 0. The number of nitrogens with zero attached hydrogens (tertiary/aromatic N) is 1. The van der Waals surface area contributed by atoms with Gasteiger partial charge >= 0.3 is 0 Å². The lowest BCUT2D eigenvalue weighted by atomic mass is 9.84. The first-order chi connectivity index (χ1) is 10.2. The molecule has 0 spiro atoms. The molecule has 0 saturated carbocycles. The summed E-state index contributed by atoms with van der Waals surface area (Å²) in [5.41, 5.74) is 5.07. The van der Waals surface area contributed by atoms with Gasteiger partial charge in [0.25, 0.3) is 0 Å². The summed E-state index contributed by atoms with van der Waals surface area (Å²) in [5.74, 6) is 5.84. The van der Waals surface area contributed by atoms with Gasteiger partial charge in [-0.2, -0.15) is 0 Å². The van der Waals surface area contributed by atoms with E-state index in [0.29, 0.717) is 0 Å². The number of hydrogen-bond donors (Lipinski definition) is 2. The molecule has 4 heteroatoms. The monoisotopic (exact) mass is 285 g/mol. The lowest BCUT2D eigenvalue weighted by Crippen LogP contribution is -2.55. The maximum Gasteiger partial charge on any atom is 0.0823 e. The first-order valence-corrected chi connectivity index (χ1v) is 7.66. The van der Waals surface area contributed by atoms with Gasteiger partial charge in [-0.25, -0.2) is 0 Å². The quantitative estimate of drug-likeness (QED) is 0.669. The van der Waals surface area contributed by atoms with Crippen molar-refractivity contribution in [3.05, 3.63) is 42.1 Å². The number of fused-ring (bicyclic) bond motifs is 1. The molecular formula is C17H23N3O. The summed E-state index contributed by atoms with van der Waals surface area (Å²) < 4.78 is 6.04. The highest BCUT2D eigenvalue weighted by molar-refractivity contribution is 5.81. The number of pyridine rings is 1. The summed E-state index contributed by atoms with van der Waals surface area (Å²) in [6, 6.07) is 10.4. The van der Waals surface area contributed by atoms with E-state index in [1.165, 1.54) is 17.4 Å². The molecule has 1 aliphatic rings. The molecule has 0 radical (unpaired) electrons. The van der Waals surface area contributed by atoms with E-state index in [9.17, 15) is 0 Å². The van der Waals surface area contributed by atoms with Gasteiger partial charge in [-0.3, -0.25) is 16.3 Å². The predicted octanol–water partition coefficient (Wildman–Crippen LogP) is 2.57. The highest BCUT2D eigenvalue weighted by atomic mass is 16.5. The summed E-state index contributed by atoms with van der Waals surface area (Å²) >= 11 is 0. The van der Waals surface area contributed by atoms with Crippen molar-refractivity contribution in [1.29, 1.82) is 0 Å². The number of benzene rings is 1. The highest BCUT2D eigenvalue weighted by Crippen LogP contribution is 2.30. The normalized spacial score (nSPS) is 24.1. The fraction of sp³-hybridized carbons (Fsp3) is 0.471. The van der Waals surface area contributed by atoms with Gasteiger partial charge < -0.3 is 4.74 Å². The minimum absolute atomic E-state index is 0.101. The van der Waals surface area contributed by atoms with Gasteiger partial charge in [0.05, 0.1) is 17.2 Å². The summed E-state index contributed by atoms with van der Waals surface area (Å²) in [6.07, 6.45) is 6.10. The van der Waals surface area contributed by atoms with Crippen molar-refractivity contribution in [2.45, 2.75) is 44.2 Å². The molecule has 3 N–H and O–H groups in total. The fourth-order valence-corrected chi connectivity index (χ4v) is 3.23. The van der Waals surface area contributed by atoms with E-state index < -0.39 is 0 Å². The average molecular weight is 285 g/mol. The standard InChI is InChI=1S/C17H23N3O/c1-17(9-4-5-11-21-17)16(20-18)12-13-8-10-19-15-7-3-2-6-14(13)15/h2-3,6-8,10,16,20H,4-5,9,11-12,18H2,1H3. The van der Waals surface area contributed by atoms with Crippen LogP contribution in [0.2, 0.25) is 0 Å². The Morgan fingerprint density at radius 1 is 1.33 bits per heavy atom. The van der Waals surface area contributed by atoms with Crippen molar-refractivity contribution in [3.8, 4) is 0 Å². The van der Waals surface area contributed by atoms with Crippen LogP contribution in [0.4, 0.5) is 0 Å². The number of hydrogen-bond acceptors (Lipinski definition) is 4. The number of aromatic nitrogens is 1. The lowest BCUT2D eigenvalue weighted by molar-refractivity contribution is -0.0884. The Hall–Kier alpha value is -1.49. The van der Waals surface area contributed by atoms with Gasteiger partial charge in [0.2, 0.25) is 0 Å². The van der Waals surface area contributed by atoms with E-state index in [4.69, 9.17) is 10.6 Å². The second kappa shape index (κ2) is 6.10. The molecule has 4 nitrogen and oxygen atoms in total. The molecule has 1 fully saturated rings. The van der Waals surface area contributed by atoms with Crippen LogP contribution in [0.5, 0.6) is 0 Å². The molecule has 21 heavy (non-hydrogen) atoms. The van der Waals surface area contributed by atoms with Crippen LogP contribution in [-0.2, 0) is 11.2 Å². The zero-order chi connectivity index (χ0) is 14.7. The molecule has 1 aliphatic heterocycles. The van der Waals surface area contributed by atoms with Crippen molar-refractivity contribution in [2.24, 2.45) is 5.84 Å². The van der Waals surface area contributed by atoms with E-state index in [0.717, 1.165) is 31.4 Å². The van der Waals surface area contributed by atoms with Crippen LogP contribution in [-0.4, -0.2) is 23.2 Å². The van der Waals surface area contributed by atoms with Gasteiger partial charge in [-0.1, -0.05) is 18.2 Å². The second-order valence-corrected chi connectivity index (χ2v) is 6.03. The third-order valence-corrected chi connectivity index (χ3v) is 4.60. The summed E-state index contributed by atoms with van der Waals surface area (Å²) in [4.78, 5) is 4.42. The van der Waals surface area contributed by atoms with E-state index in [-0.39, 0.29) is 11.6 Å². The van der Waals surface area contributed by atoms with Gasteiger partial charge in [-0.05, 0) is 50.3 Å². The van der Waals surface area contributed by atoms with Crippen LogP contribution in [0.3, 0.4) is 0 Å². The first kappa shape index (κ1) is 14.4. The van der Waals surface area contributed by atoms with Crippen LogP contribution >= 0.6 is 0 Å². The Balaban J connectivity index is 1.89. The largest absolute Gasteiger partial charge is 0.374 e. The second-order valence-electron chi connectivity index (χ2n) is 6.03. The molecular weight excluding hydrogens is 262 g/mol. The molecule has 0 aliphatic carbocycles. The summed E-state index contributed by atoms with van der Waals surface area (Å²) in [5, 5.41) is 1.19. The molecule has 0 bridgehead atoms.